The molecule has 1 aromatic carbocycles. The molecule has 1 saturated heterocycles. The van der Waals surface area contributed by atoms with E-state index in [-0.39, 0.29) is 42.1 Å². The molecule has 2 aliphatic heterocycles. The summed E-state index contributed by atoms with van der Waals surface area (Å²) in [5, 5.41) is 5.43. The predicted octanol–water partition coefficient (Wildman–Crippen LogP) is 3.11. The lowest BCUT2D eigenvalue weighted by atomic mass is 9.94. The molecule has 10 nitrogen and oxygen atoms in total. The van der Waals surface area contributed by atoms with Gasteiger partial charge in [-0.05, 0) is 70.6 Å². The quantitative estimate of drug-likeness (QED) is 0.549. The molecule has 206 valence electrons. The van der Waals surface area contributed by atoms with Gasteiger partial charge in [-0.2, -0.15) is 0 Å². The first kappa shape index (κ1) is 27.6. The number of carbonyl (C=O) groups excluding carboxylic acids is 5. The van der Waals surface area contributed by atoms with Crippen LogP contribution in [0, 0.1) is 5.92 Å². The minimum absolute atomic E-state index is 0.0562. The standard InChI is InChI=1S/C28H38N4O6/c1-28(2,3)38-27(37)30-17-23(33)31-13-11-18(12-14-31)16-29-24(34)19-9-10-21-22(15-19)26(36)32(25(21)35)20-7-5-4-6-8-20/h9-10,15,18,20H,4-8,11-14,16-17H2,1-3H3,(H,29,34)(H,30,37). The third-order valence-electron chi connectivity index (χ3n) is 7.42. The Morgan fingerprint density at radius 2 is 1.58 bits per heavy atom. The monoisotopic (exact) mass is 526 g/mol. The van der Waals surface area contributed by atoms with Gasteiger partial charge < -0.3 is 20.3 Å². The zero-order chi connectivity index (χ0) is 27.4. The van der Waals surface area contributed by atoms with E-state index in [0.717, 1.165) is 44.9 Å². The van der Waals surface area contributed by atoms with E-state index in [1.807, 2.05) is 0 Å². The van der Waals surface area contributed by atoms with Crippen LogP contribution in [0.25, 0.3) is 0 Å². The summed E-state index contributed by atoms with van der Waals surface area (Å²) in [7, 11) is 0. The van der Waals surface area contributed by atoms with Crippen LogP contribution in [0.3, 0.4) is 0 Å². The number of benzene rings is 1. The Bertz CT molecular complexity index is 1100. The van der Waals surface area contributed by atoms with Gasteiger partial charge in [0, 0.05) is 31.2 Å². The van der Waals surface area contributed by atoms with Crippen molar-refractivity contribution in [1.82, 2.24) is 20.4 Å². The molecule has 0 unspecified atom stereocenters. The van der Waals surface area contributed by atoms with E-state index >= 15 is 0 Å². The highest BCUT2D eigenvalue weighted by atomic mass is 16.6. The summed E-state index contributed by atoms with van der Waals surface area (Å²) in [4.78, 5) is 66.0. The number of likely N-dealkylation sites (tertiary alicyclic amines) is 1. The van der Waals surface area contributed by atoms with E-state index in [0.29, 0.717) is 36.3 Å². The lowest BCUT2D eigenvalue weighted by Gasteiger charge is -2.32. The molecule has 1 saturated carbocycles. The molecule has 5 amide bonds. The van der Waals surface area contributed by atoms with Gasteiger partial charge >= 0.3 is 6.09 Å². The summed E-state index contributed by atoms with van der Waals surface area (Å²) in [6.45, 7) is 6.70. The van der Waals surface area contributed by atoms with E-state index < -0.39 is 11.7 Å². The van der Waals surface area contributed by atoms with E-state index in [2.05, 4.69) is 10.6 Å². The zero-order valence-corrected chi connectivity index (χ0v) is 22.5. The molecule has 4 rings (SSSR count). The number of carbonyl (C=O) groups is 5. The Balaban J connectivity index is 1.23. The molecule has 0 radical (unpaired) electrons. The molecular weight excluding hydrogens is 488 g/mol. The minimum Gasteiger partial charge on any atom is -0.444 e. The molecule has 3 aliphatic rings. The minimum atomic E-state index is -0.627. The highest BCUT2D eigenvalue weighted by Crippen LogP contribution is 2.31. The molecule has 0 bridgehead atoms. The first-order valence-electron chi connectivity index (χ1n) is 13.6. The molecule has 2 N–H and O–H groups in total. The fourth-order valence-corrected chi connectivity index (χ4v) is 5.37. The van der Waals surface area contributed by atoms with Crippen molar-refractivity contribution in [2.45, 2.75) is 77.4 Å². The summed E-state index contributed by atoms with van der Waals surface area (Å²) >= 11 is 0. The molecule has 2 heterocycles. The number of alkyl carbamates (subject to hydrolysis) is 1. The lowest BCUT2D eigenvalue weighted by molar-refractivity contribution is -0.131. The van der Waals surface area contributed by atoms with E-state index in [1.165, 1.54) is 11.0 Å². The van der Waals surface area contributed by atoms with Crippen molar-refractivity contribution in [3.63, 3.8) is 0 Å². The van der Waals surface area contributed by atoms with Gasteiger partial charge in [0.25, 0.3) is 17.7 Å². The van der Waals surface area contributed by atoms with Crippen LogP contribution in [0.2, 0.25) is 0 Å². The summed E-state index contributed by atoms with van der Waals surface area (Å²) < 4.78 is 5.15. The number of nitrogens with zero attached hydrogens (tertiary/aromatic N) is 2. The van der Waals surface area contributed by atoms with E-state index in [9.17, 15) is 24.0 Å². The topological polar surface area (TPSA) is 125 Å². The molecule has 1 aromatic rings. The largest absolute Gasteiger partial charge is 0.444 e. The van der Waals surface area contributed by atoms with Crippen molar-refractivity contribution in [3.8, 4) is 0 Å². The van der Waals surface area contributed by atoms with Gasteiger partial charge in [-0.15, -0.1) is 0 Å². The molecule has 0 aromatic heterocycles. The van der Waals surface area contributed by atoms with Crippen LogP contribution in [0.4, 0.5) is 4.79 Å². The van der Waals surface area contributed by atoms with Gasteiger partial charge in [-0.3, -0.25) is 24.1 Å². The molecule has 1 aliphatic carbocycles. The van der Waals surface area contributed by atoms with Gasteiger partial charge in [-0.1, -0.05) is 19.3 Å². The Kier molecular flexibility index (Phi) is 8.38. The summed E-state index contributed by atoms with van der Waals surface area (Å²) in [5.74, 6) is -0.806. The van der Waals surface area contributed by atoms with Gasteiger partial charge in [0.1, 0.15) is 12.1 Å². The van der Waals surface area contributed by atoms with E-state index in [1.54, 1.807) is 37.8 Å². The Morgan fingerprint density at radius 1 is 0.921 bits per heavy atom. The second-order valence-corrected chi connectivity index (χ2v) is 11.4. The third kappa shape index (κ3) is 6.52. The van der Waals surface area contributed by atoms with Gasteiger partial charge in [0.05, 0.1) is 11.1 Å². The Labute approximate surface area is 223 Å². The van der Waals surface area contributed by atoms with Crippen molar-refractivity contribution < 1.29 is 28.7 Å². The fourth-order valence-electron chi connectivity index (χ4n) is 5.37. The summed E-state index contributed by atoms with van der Waals surface area (Å²) in [6.07, 6.45) is 5.67. The van der Waals surface area contributed by atoms with Crippen molar-refractivity contribution >= 4 is 29.7 Å². The highest BCUT2D eigenvalue weighted by Gasteiger charge is 2.40. The Hall–Kier alpha value is -3.43. The number of imide groups is 1. The average Bonchev–Trinajstić information content (AvgIpc) is 3.14. The van der Waals surface area contributed by atoms with Crippen molar-refractivity contribution in [2.24, 2.45) is 5.92 Å². The number of fused-ring (bicyclic) bond motifs is 1. The normalized spacial score (nSPS) is 18.8. The van der Waals surface area contributed by atoms with Crippen LogP contribution in [-0.4, -0.2) is 77.3 Å². The molecule has 2 fully saturated rings. The van der Waals surface area contributed by atoms with Crippen LogP contribution < -0.4 is 10.6 Å². The van der Waals surface area contributed by atoms with Gasteiger partial charge in [0.2, 0.25) is 5.91 Å². The number of ether oxygens (including phenoxy) is 1. The number of hydrogen-bond acceptors (Lipinski definition) is 6. The fraction of sp³-hybridized carbons (Fsp3) is 0.607. The van der Waals surface area contributed by atoms with Crippen LogP contribution in [0.15, 0.2) is 18.2 Å². The van der Waals surface area contributed by atoms with Crippen molar-refractivity contribution in [3.05, 3.63) is 34.9 Å². The average molecular weight is 527 g/mol. The second-order valence-electron chi connectivity index (χ2n) is 11.4. The highest BCUT2D eigenvalue weighted by molar-refractivity contribution is 6.22. The number of rotatable bonds is 6. The van der Waals surface area contributed by atoms with Crippen LogP contribution in [-0.2, 0) is 9.53 Å². The number of amides is 5. The van der Waals surface area contributed by atoms with Gasteiger partial charge in [-0.25, -0.2) is 4.79 Å². The smallest absolute Gasteiger partial charge is 0.408 e. The van der Waals surface area contributed by atoms with Crippen molar-refractivity contribution in [2.75, 3.05) is 26.2 Å². The maximum atomic E-state index is 13.0. The SMILES string of the molecule is CC(C)(C)OC(=O)NCC(=O)N1CCC(CNC(=O)c2ccc3c(c2)C(=O)N(C2CCCCC2)C3=O)CC1. The van der Waals surface area contributed by atoms with Crippen LogP contribution in [0.1, 0.15) is 96.8 Å². The van der Waals surface area contributed by atoms with Crippen molar-refractivity contribution in [1.29, 1.82) is 0 Å². The van der Waals surface area contributed by atoms with E-state index in [4.69, 9.17) is 4.74 Å². The molecule has 38 heavy (non-hydrogen) atoms. The number of hydrogen-bond donors (Lipinski definition) is 2. The molecular formula is C28H38N4O6. The zero-order valence-electron chi connectivity index (χ0n) is 22.5. The molecule has 0 spiro atoms. The van der Waals surface area contributed by atoms with Crippen LogP contribution in [0.5, 0.6) is 0 Å². The van der Waals surface area contributed by atoms with Crippen LogP contribution >= 0.6 is 0 Å². The second kappa shape index (κ2) is 11.5. The van der Waals surface area contributed by atoms with Gasteiger partial charge in [0.15, 0.2) is 0 Å². The number of nitrogens with one attached hydrogen (secondary N) is 2. The first-order valence-corrected chi connectivity index (χ1v) is 13.6. The Morgan fingerprint density at radius 3 is 2.24 bits per heavy atom. The lowest BCUT2D eigenvalue weighted by Crippen LogP contribution is -2.46. The maximum absolute atomic E-state index is 13.0. The molecule has 10 heteroatoms. The summed E-state index contributed by atoms with van der Waals surface area (Å²) in [6, 6.07) is 4.66. The molecule has 0 atom stereocenters. The predicted molar refractivity (Wildman–Crippen MR) is 140 cm³/mol. The number of piperidine rings is 1. The third-order valence-corrected chi connectivity index (χ3v) is 7.42. The summed E-state index contributed by atoms with van der Waals surface area (Å²) in [5.41, 5.74) is 0.407. The first-order chi connectivity index (χ1) is 18.0. The maximum Gasteiger partial charge on any atom is 0.408 e.